The molecular formula is C10H16N2O2. The highest BCUT2D eigenvalue weighted by atomic mass is 16.5. The molecule has 1 aromatic heterocycles. The van der Waals surface area contributed by atoms with E-state index in [0.29, 0.717) is 13.0 Å². The summed E-state index contributed by atoms with van der Waals surface area (Å²) in [6.45, 7) is 1.41. The first kappa shape index (κ1) is 9.68. The summed E-state index contributed by atoms with van der Waals surface area (Å²) in [5.74, 6) is 0.719. The Kier molecular flexibility index (Phi) is 3.16. The van der Waals surface area contributed by atoms with Crippen molar-refractivity contribution in [3.05, 3.63) is 17.8 Å². The van der Waals surface area contributed by atoms with Crippen LogP contribution in [0, 0.1) is 0 Å². The van der Waals surface area contributed by atoms with Crippen LogP contribution in [0.1, 0.15) is 37.0 Å². The van der Waals surface area contributed by atoms with Gasteiger partial charge in [0.05, 0.1) is 0 Å². The van der Waals surface area contributed by atoms with Gasteiger partial charge in [0.15, 0.2) is 5.89 Å². The maximum Gasteiger partial charge on any atom is 0.195 e. The molecule has 0 saturated carbocycles. The monoisotopic (exact) mass is 196 g/mol. The fourth-order valence-corrected chi connectivity index (χ4v) is 1.69. The molecule has 0 bridgehead atoms. The zero-order chi connectivity index (χ0) is 9.80. The molecule has 2 heterocycles. The van der Waals surface area contributed by atoms with E-state index in [9.17, 15) is 0 Å². The maximum atomic E-state index is 5.60. The molecule has 1 unspecified atom stereocenters. The summed E-state index contributed by atoms with van der Waals surface area (Å²) < 4.78 is 10.9. The molecular weight excluding hydrogens is 180 g/mol. The van der Waals surface area contributed by atoms with Crippen molar-refractivity contribution in [3.8, 4) is 0 Å². The summed E-state index contributed by atoms with van der Waals surface area (Å²) in [6, 6.07) is 0. The van der Waals surface area contributed by atoms with Crippen LogP contribution in [0.15, 0.2) is 10.7 Å². The highest BCUT2D eigenvalue weighted by Gasteiger charge is 2.19. The van der Waals surface area contributed by atoms with Gasteiger partial charge in [-0.3, -0.25) is 0 Å². The summed E-state index contributed by atoms with van der Waals surface area (Å²) >= 11 is 0. The number of hydrogen-bond donors (Lipinski definition) is 1. The lowest BCUT2D eigenvalue weighted by molar-refractivity contribution is 0.0122. The molecule has 4 nitrogen and oxygen atoms in total. The van der Waals surface area contributed by atoms with Crippen LogP contribution >= 0.6 is 0 Å². The highest BCUT2D eigenvalue weighted by molar-refractivity contribution is 5.02. The second-order valence-electron chi connectivity index (χ2n) is 3.56. The summed E-state index contributed by atoms with van der Waals surface area (Å²) in [4.78, 5) is 4.35. The van der Waals surface area contributed by atoms with Crippen LogP contribution in [0.25, 0.3) is 0 Å². The number of aromatic nitrogens is 1. The molecule has 0 amide bonds. The molecule has 1 aromatic rings. The van der Waals surface area contributed by atoms with E-state index in [0.717, 1.165) is 31.0 Å². The quantitative estimate of drug-likeness (QED) is 0.794. The van der Waals surface area contributed by atoms with Gasteiger partial charge in [-0.25, -0.2) is 4.98 Å². The van der Waals surface area contributed by atoms with Gasteiger partial charge in [-0.05, 0) is 19.3 Å². The molecule has 0 spiro atoms. The van der Waals surface area contributed by atoms with Crippen molar-refractivity contribution in [2.24, 2.45) is 5.73 Å². The minimum absolute atomic E-state index is 0.138. The number of hydrogen-bond acceptors (Lipinski definition) is 4. The van der Waals surface area contributed by atoms with Crippen LogP contribution in [0.2, 0.25) is 0 Å². The molecule has 2 rings (SSSR count). The Morgan fingerprint density at radius 3 is 3.14 bits per heavy atom. The maximum absolute atomic E-state index is 5.60. The van der Waals surface area contributed by atoms with Crippen molar-refractivity contribution in [1.82, 2.24) is 4.98 Å². The molecule has 1 atom stereocenters. The Hall–Kier alpha value is -0.870. The third-order valence-electron chi connectivity index (χ3n) is 2.44. The van der Waals surface area contributed by atoms with Gasteiger partial charge in [-0.15, -0.1) is 0 Å². The zero-order valence-corrected chi connectivity index (χ0v) is 8.24. The SMILES string of the molecule is NCCc1nc(C2CCCCO2)co1. The van der Waals surface area contributed by atoms with Crippen molar-refractivity contribution < 1.29 is 9.15 Å². The number of rotatable bonds is 3. The van der Waals surface area contributed by atoms with Crippen molar-refractivity contribution in [2.45, 2.75) is 31.8 Å². The first-order chi connectivity index (χ1) is 6.90. The lowest BCUT2D eigenvalue weighted by Crippen LogP contribution is -2.12. The van der Waals surface area contributed by atoms with Gasteiger partial charge in [-0.2, -0.15) is 0 Å². The average molecular weight is 196 g/mol. The molecule has 1 fully saturated rings. The van der Waals surface area contributed by atoms with Gasteiger partial charge in [-0.1, -0.05) is 0 Å². The number of nitrogens with zero attached hydrogens (tertiary/aromatic N) is 1. The van der Waals surface area contributed by atoms with Gasteiger partial charge >= 0.3 is 0 Å². The van der Waals surface area contributed by atoms with E-state index < -0.39 is 0 Å². The van der Waals surface area contributed by atoms with Crippen LogP contribution in [0.3, 0.4) is 0 Å². The summed E-state index contributed by atoms with van der Waals surface area (Å²) in [5.41, 5.74) is 6.34. The van der Waals surface area contributed by atoms with Crippen molar-refractivity contribution >= 4 is 0 Å². The Morgan fingerprint density at radius 2 is 2.43 bits per heavy atom. The average Bonchev–Trinajstić information content (AvgIpc) is 2.68. The number of ether oxygens (including phenoxy) is 1. The van der Waals surface area contributed by atoms with E-state index >= 15 is 0 Å². The smallest absolute Gasteiger partial charge is 0.195 e. The van der Waals surface area contributed by atoms with Gasteiger partial charge in [0.25, 0.3) is 0 Å². The van der Waals surface area contributed by atoms with Crippen LogP contribution < -0.4 is 5.73 Å². The largest absolute Gasteiger partial charge is 0.449 e. The summed E-state index contributed by atoms with van der Waals surface area (Å²) in [6.07, 6.45) is 5.95. The molecule has 0 radical (unpaired) electrons. The second kappa shape index (κ2) is 4.57. The first-order valence-corrected chi connectivity index (χ1v) is 5.16. The van der Waals surface area contributed by atoms with E-state index in [-0.39, 0.29) is 6.10 Å². The highest BCUT2D eigenvalue weighted by Crippen LogP contribution is 2.26. The predicted octanol–water partition coefficient (Wildman–Crippen LogP) is 1.42. The minimum Gasteiger partial charge on any atom is -0.449 e. The van der Waals surface area contributed by atoms with Gasteiger partial charge in [0.1, 0.15) is 18.1 Å². The first-order valence-electron chi connectivity index (χ1n) is 5.16. The van der Waals surface area contributed by atoms with Crippen molar-refractivity contribution in [1.29, 1.82) is 0 Å². The Labute approximate surface area is 83.4 Å². The fourth-order valence-electron chi connectivity index (χ4n) is 1.69. The molecule has 1 aliphatic rings. The van der Waals surface area contributed by atoms with Crippen molar-refractivity contribution in [3.63, 3.8) is 0 Å². The normalized spacial score (nSPS) is 22.5. The number of nitrogens with two attached hydrogens (primary N) is 1. The van der Waals surface area contributed by atoms with E-state index in [1.54, 1.807) is 6.26 Å². The van der Waals surface area contributed by atoms with Crippen molar-refractivity contribution in [2.75, 3.05) is 13.2 Å². The van der Waals surface area contributed by atoms with Crippen LogP contribution in [-0.4, -0.2) is 18.1 Å². The topological polar surface area (TPSA) is 61.3 Å². The lowest BCUT2D eigenvalue weighted by Gasteiger charge is -2.19. The Morgan fingerprint density at radius 1 is 1.50 bits per heavy atom. The molecule has 0 aromatic carbocycles. The van der Waals surface area contributed by atoms with E-state index in [2.05, 4.69) is 4.98 Å². The Bertz CT molecular complexity index is 279. The molecule has 78 valence electrons. The molecule has 2 N–H and O–H groups in total. The second-order valence-corrected chi connectivity index (χ2v) is 3.56. The number of oxazole rings is 1. The van der Waals surface area contributed by atoms with Gasteiger partial charge in [0, 0.05) is 19.6 Å². The van der Waals surface area contributed by atoms with Crippen LogP contribution in [0.5, 0.6) is 0 Å². The lowest BCUT2D eigenvalue weighted by atomic mass is 10.1. The molecule has 1 saturated heterocycles. The fraction of sp³-hybridized carbons (Fsp3) is 0.700. The molecule has 0 aliphatic carbocycles. The van der Waals surface area contributed by atoms with E-state index in [1.807, 2.05) is 0 Å². The standard InChI is InChI=1S/C10H16N2O2/c11-5-4-10-12-8(7-14-10)9-3-1-2-6-13-9/h7,9H,1-6,11H2. The zero-order valence-electron chi connectivity index (χ0n) is 8.24. The summed E-state index contributed by atoms with van der Waals surface area (Å²) in [7, 11) is 0. The van der Waals surface area contributed by atoms with E-state index in [4.69, 9.17) is 14.9 Å². The van der Waals surface area contributed by atoms with Crippen LogP contribution in [0.4, 0.5) is 0 Å². The van der Waals surface area contributed by atoms with Gasteiger partial charge in [0.2, 0.25) is 0 Å². The van der Waals surface area contributed by atoms with Gasteiger partial charge < -0.3 is 14.9 Å². The molecule has 1 aliphatic heterocycles. The summed E-state index contributed by atoms with van der Waals surface area (Å²) in [5, 5.41) is 0. The third-order valence-corrected chi connectivity index (χ3v) is 2.44. The Balaban J connectivity index is 2.00. The van der Waals surface area contributed by atoms with Crippen LogP contribution in [-0.2, 0) is 11.2 Å². The third kappa shape index (κ3) is 2.13. The molecule has 14 heavy (non-hydrogen) atoms. The van der Waals surface area contributed by atoms with E-state index in [1.165, 1.54) is 6.42 Å². The minimum atomic E-state index is 0.138. The predicted molar refractivity (Wildman–Crippen MR) is 51.8 cm³/mol. The molecule has 4 heteroatoms.